The fraction of sp³-hybridized carbons (Fsp3) is 0.400. The van der Waals surface area contributed by atoms with Crippen molar-refractivity contribution >= 4 is 29.3 Å². The van der Waals surface area contributed by atoms with Gasteiger partial charge < -0.3 is 11.2 Å². The van der Waals surface area contributed by atoms with E-state index in [1.807, 2.05) is 19.1 Å². The Balaban J connectivity index is 2.01. The largest absolute Gasteiger partial charge is 0.353 e. The number of nitrogens with one attached hydrogen (secondary N) is 1. The third-order valence-corrected chi connectivity index (χ3v) is 4.65. The molecule has 0 saturated heterocycles. The van der Waals surface area contributed by atoms with Crippen LogP contribution in [0.3, 0.4) is 0 Å². The lowest BCUT2D eigenvalue weighted by Gasteiger charge is -2.16. The summed E-state index contributed by atoms with van der Waals surface area (Å²) in [5, 5.41) is 12.1. The van der Waals surface area contributed by atoms with E-state index in [2.05, 4.69) is 29.4 Å². The predicted octanol–water partition coefficient (Wildman–Crippen LogP) is 2.57. The van der Waals surface area contributed by atoms with Crippen LogP contribution in [0.1, 0.15) is 20.8 Å². The molecule has 0 bridgehead atoms. The third-order valence-electron chi connectivity index (χ3n) is 3.47. The van der Waals surface area contributed by atoms with Crippen LogP contribution in [0, 0.1) is 5.92 Å². The van der Waals surface area contributed by atoms with E-state index in [-0.39, 0.29) is 17.7 Å². The molecule has 0 aliphatic heterocycles. The average molecular weight is 354 g/mol. The maximum Gasteiger partial charge on any atom is 0.230 e. The highest BCUT2D eigenvalue weighted by Gasteiger charge is 2.15. The third kappa shape index (κ3) is 4.62. The second kappa shape index (κ2) is 7.70. The van der Waals surface area contributed by atoms with Gasteiger partial charge in [-0.05, 0) is 25.0 Å². The van der Waals surface area contributed by atoms with E-state index in [1.54, 1.807) is 12.1 Å². The molecule has 0 fully saturated rings. The number of nitrogen functional groups attached to an aromatic ring is 1. The van der Waals surface area contributed by atoms with E-state index in [0.29, 0.717) is 21.9 Å². The van der Waals surface area contributed by atoms with Crippen molar-refractivity contribution in [1.82, 2.24) is 20.2 Å². The average Bonchev–Trinajstić information content (AvgIpc) is 2.86. The van der Waals surface area contributed by atoms with Crippen LogP contribution >= 0.6 is 23.4 Å². The molecule has 6 nitrogen and oxygen atoms in total. The van der Waals surface area contributed by atoms with Gasteiger partial charge >= 0.3 is 0 Å². The number of carbonyl (C=O) groups excluding carboxylic acids is 1. The minimum atomic E-state index is -0.0523. The Morgan fingerprint density at radius 1 is 1.39 bits per heavy atom. The molecule has 0 aliphatic carbocycles. The maximum atomic E-state index is 11.9. The molecule has 0 radical (unpaired) electrons. The van der Waals surface area contributed by atoms with Crippen molar-refractivity contribution < 1.29 is 4.79 Å². The van der Waals surface area contributed by atoms with Gasteiger partial charge in [0.25, 0.3) is 0 Å². The van der Waals surface area contributed by atoms with Gasteiger partial charge in [0.05, 0.1) is 5.75 Å². The molecule has 3 N–H and O–H groups in total. The number of nitrogens with two attached hydrogens (primary N) is 1. The summed E-state index contributed by atoms with van der Waals surface area (Å²) in [7, 11) is 0. The van der Waals surface area contributed by atoms with Gasteiger partial charge in [-0.15, -0.1) is 10.2 Å². The van der Waals surface area contributed by atoms with Crippen molar-refractivity contribution in [3.63, 3.8) is 0 Å². The van der Waals surface area contributed by atoms with Gasteiger partial charge in [0.2, 0.25) is 11.1 Å². The van der Waals surface area contributed by atoms with E-state index in [4.69, 9.17) is 17.4 Å². The summed E-state index contributed by atoms with van der Waals surface area (Å²) in [5.41, 5.74) is 0.775. The zero-order valence-electron chi connectivity index (χ0n) is 13.3. The topological polar surface area (TPSA) is 85.8 Å². The Kier molecular flexibility index (Phi) is 5.90. The fourth-order valence-electron chi connectivity index (χ4n) is 1.79. The van der Waals surface area contributed by atoms with E-state index < -0.39 is 0 Å². The van der Waals surface area contributed by atoms with Gasteiger partial charge in [-0.2, -0.15) is 0 Å². The number of thioether (sulfide) groups is 1. The van der Waals surface area contributed by atoms with Crippen LogP contribution in [-0.4, -0.2) is 32.6 Å². The number of rotatable bonds is 6. The Hall–Kier alpha value is -1.73. The van der Waals surface area contributed by atoms with Gasteiger partial charge in [-0.1, -0.05) is 49.3 Å². The van der Waals surface area contributed by atoms with Gasteiger partial charge in [-0.25, -0.2) is 4.68 Å². The van der Waals surface area contributed by atoms with Gasteiger partial charge in [0.1, 0.15) is 0 Å². The molecule has 2 aromatic rings. The predicted molar refractivity (Wildman–Crippen MR) is 93.8 cm³/mol. The standard InChI is InChI=1S/C15H20ClN5OS/c1-9(2)10(3)18-13(22)8-23-15-20-19-14(21(15)17)11-5-4-6-12(16)7-11/h4-7,9-10H,8,17H2,1-3H3,(H,18,22)/t10-/m0/s1. The summed E-state index contributed by atoms with van der Waals surface area (Å²) < 4.78 is 1.37. The SMILES string of the molecule is CC(C)[C@H](C)NC(=O)CSc1nnc(-c2cccc(Cl)c2)n1N. The number of benzene rings is 1. The lowest BCUT2D eigenvalue weighted by Crippen LogP contribution is -2.37. The summed E-state index contributed by atoms with van der Waals surface area (Å²) in [4.78, 5) is 11.9. The smallest absolute Gasteiger partial charge is 0.230 e. The van der Waals surface area contributed by atoms with Gasteiger partial charge in [0.15, 0.2) is 5.82 Å². The maximum absolute atomic E-state index is 11.9. The molecule has 1 heterocycles. The molecule has 0 spiro atoms. The zero-order chi connectivity index (χ0) is 17.0. The first kappa shape index (κ1) is 17.6. The van der Waals surface area contributed by atoms with Crippen molar-refractivity contribution in [3.05, 3.63) is 29.3 Å². The highest BCUT2D eigenvalue weighted by Crippen LogP contribution is 2.23. The van der Waals surface area contributed by atoms with Crippen LogP contribution in [0.4, 0.5) is 0 Å². The minimum absolute atomic E-state index is 0.0523. The van der Waals surface area contributed by atoms with E-state index in [1.165, 1.54) is 16.4 Å². The van der Waals surface area contributed by atoms with E-state index in [9.17, 15) is 4.79 Å². The summed E-state index contributed by atoms with van der Waals surface area (Å²) in [6.45, 7) is 6.10. The molecular weight excluding hydrogens is 334 g/mol. The first-order valence-corrected chi connectivity index (χ1v) is 8.63. The Labute approximate surface area is 144 Å². The molecule has 1 atom stereocenters. The lowest BCUT2D eigenvalue weighted by molar-refractivity contribution is -0.119. The van der Waals surface area contributed by atoms with E-state index >= 15 is 0 Å². The van der Waals surface area contributed by atoms with Crippen molar-refractivity contribution in [2.75, 3.05) is 11.6 Å². The van der Waals surface area contributed by atoms with E-state index in [0.717, 1.165) is 5.56 Å². The molecule has 0 saturated carbocycles. The highest BCUT2D eigenvalue weighted by atomic mass is 35.5. The van der Waals surface area contributed by atoms with Crippen molar-refractivity contribution in [1.29, 1.82) is 0 Å². The highest BCUT2D eigenvalue weighted by molar-refractivity contribution is 7.99. The van der Waals surface area contributed by atoms with Crippen molar-refractivity contribution in [2.24, 2.45) is 5.92 Å². The number of aromatic nitrogens is 3. The normalized spacial score (nSPS) is 12.4. The number of carbonyl (C=O) groups is 1. The lowest BCUT2D eigenvalue weighted by atomic mass is 10.1. The van der Waals surface area contributed by atoms with Gasteiger partial charge in [0, 0.05) is 16.6 Å². The van der Waals surface area contributed by atoms with Crippen LogP contribution in [-0.2, 0) is 4.79 Å². The summed E-state index contributed by atoms with van der Waals surface area (Å²) in [6, 6.07) is 7.34. The van der Waals surface area contributed by atoms with Crippen LogP contribution in [0.25, 0.3) is 11.4 Å². The Morgan fingerprint density at radius 3 is 2.78 bits per heavy atom. The number of nitrogens with zero attached hydrogens (tertiary/aromatic N) is 3. The van der Waals surface area contributed by atoms with Crippen molar-refractivity contribution in [3.8, 4) is 11.4 Å². The molecule has 23 heavy (non-hydrogen) atoms. The zero-order valence-corrected chi connectivity index (χ0v) is 14.9. The summed E-state index contributed by atoms with van der Waals surface area (Å²) in [5.74, 6) is 7.09. The van der Waals surface area contributed by atoms with Crippen LogP contribution in [0.15, 0.2) is 29.4 Å². The molecule has 0 unspecified atom stereocenters. The Bertz CT molecular complexity index is 688. The first-order valence-electron chi connectivity index (χ1n) is 7.27. The second-order valence-electron chi connectivity index (χ2n) is 5.58. The molecule has 8 heteroatoms. The number of hydrogen-bond donors (Lipinski definition) is 2. The molecule has 124 valence electrons. The van der Waals surface area contributed by atoms with Crippen LogP contribution in [0.2, 0.25) is 5.02 Å². The summed E-state index contributed by atoms with van der Waals surface area (Å²) in [6.07, 6.45) is 0. The molecule has 2 rings (SSSR count). The Morgan fingerprint density at radius 2 is 2.13 bits per heavy atom. The number of halogens is 1. The molecule has 1 aromatic carbocycles. The molecular formula is C15H20ClN5OS. The van der Waals surface area contributed by atoms with Crippen molar-refractivity contribution in [2.45, 2.75) is 32.0 Å². The number of amides is 1. The second-order valence-corrected chi connectivity index (χ2v) is 6.95. The van der Waals surface area contributed by atoms with Gasteiger partial charge in [-0.3, -0.25) is 4.79 Å². The van der Waals surface area contributed by atoms with Crippen LogP contribution < -0.4 is 11.2 Å². The monoisotopic (exact) mass is 353 g/mol. The molecule has 1 amide bonds. The molecule has 1 aromatic heterocycles. The van der Waals surface area contributed by atoms with Crippen LogP contribution in [0.5, 0.6) is 0 Å². The molecule has 0 aliphatic rings. The number of hydrogen-bond acceptors (Lipinski definition) is 5. The first-order chi connectivity index (χ1) is 10.9. The fourth-order valence-corrected chi connectivity index (χ4v) is 2.65. The quantitative estimate of drug-likeness (QED) is 0.615. The summed E-state index contributed by atoms with van der Waals surface area (Å²) >= 11 is 7.22. The minimum Gasteiger partial charge on any atom is -0.353 e.